The Morgan fingerprint density at radius 3 is 2.47 bits per heavy atom. The van der Waals surface area contributed by atoms with Gasteiger partial charge in [-0.25, -0.2) is 0 Å². The fourth-order valence-electron chi connectivity index (χ4n) is 2.45. The third-order valence-corrected chi connectivity index (χ3v) is 4.44. The lowest BCUT2D eigenvalue weighted by molar-refractivity contribution is -0.125. The third-order valence-electron chi connectivity index (χ3n) is 3.72. The smallest absolute Gasteiger partial charge is 0.223 e. The van der Waals surface area contributed by atoms with Crippen LogP contribution in [-0.2, 0) is 4.79 Å². The highest BCUT2D eigenvalue weighted by Gasteiger charge is 2.47. The van der Waals surface area contributed by atoms with Crippen LogP contribution in [0.5, 0.6) is 0 Å². The largest absolute Gasteiger partial charge is 0.355 e. The Hall–Kier alpha value is -0.240. The second-order valence-corrected chi connectivity index (χ2v) is 6.21. The summed E-state index contributed by atoms with van der Waals surface area (Å²) in [4.78, 5) is 11.8. The van der Waals surface area contributed by atoms with Crippen LogP contribution in [0.3, 0.4) is 0 Å². The lowest BCUT2D eigenvalue weighted by atomic mass is 9.95. The van der Waals surface area contributed by atoms with Crippen molar-refractivity contribution in [3.8, 4) is 0 Å². The molecule has 0 aromatic heterocycles. The summed E-state index contributed by atoms with van der Waals surface area (Å²) >= 11 is 5.82. The monoisotopic (exact) mass is 229 g/mol. The zero-order valence-corrected chi connectivity index (χ0v) is 10.3. The number of alkyl halides is 1. The normalized spacial score (nSPS) is 33.7. The molecule has 0 radical (unpaired) electrons. The first-order chi connectivity index (χ1) is 7.02. The first-order valence-corrected chi connectivity index (χ1v) is 6.39. The maximum absolute atomic E-state index is 11.8. The Bertz CT molecular complexity index is 254. The molecule has 2 atom stereocenters. The SMILES string of the molecule is CC(C)(CCl)CNC(=O)C1CC2CC2C1. The van der Waals surface area contributed by atoms with E-state index in [1.807, 2.05) is 0 Å². The van der Waals surface area contributed by atoms with E-state index in [-0.39, 0.29) is 11.3 Å². The summed E-state index contributed by atoms with van der Waals surface area (Å²) in [6, 6.07) is 0. The maximum atomic E-state index is 11.8. The van der Waals surface area contributed by atoms with E-state index in [9.17, 15) is 4.79 Å². The van der Waals surface area contributed by atoms with E-state index in [4.69, 9.17) is 11.6 Å². The Labute approximate surface area is 96.8 Å². The predicted octanol–water partition coefficient (Wildman–Crippen LogP) is 2.41. The van der Waals surface area contributed by atoms with Crippen molar-refractivity contribution in [1.82, 2.24) is 5.32 Å². The molecule has 0 aromatic rings. The van der Waals surface area contributed by atoms with Gasteiger partial charge in [-0.3, -0.25) is 4.79 Å². The number of nitrogens with one attached hydrogen (secondary N) is 1. The van der Waals surface area contributed by atoms with E-state index in [1.165, 1.54) is 6.42 Å². The molecule has 1 amide bonds. The Morgan fingerprint density at radius 2 is 1.93 bits per heavy atom. The predicted molar refractivity (Wildman–Crippen MR) is 61.8 cm³/mol. The minimum Gasteiger partial charge on any atom is -0.355 e. The summed E-state index contributed by atoms with van der Waals surface area (Å²) in [6.45, 7) is 4.85. The molecule has 0 saturated heterocycles. The number of carbonyl (C=O) groups excluding carboxylic acids is 1. The van der Waals surface area contributed by atoms with Crippen LogP contribution in [0.25, 0.3) is 0 Å². The van der Waals surface area contributed by atoms with Gasteiger partial charge in [-0.1, -0.05) is 13.8 Å². The van der Waals surface area contributed by atoms with Gasteiger partial charge in [0, 0.05) is 18.3 Å². The van der Waals surface area contributed by atoms with Crippen molar-refractivity contribution in [2.75, 3.05) is 12.4 Å². The van der Waals surface area contributed by atoms with Crippen LogP contribution in [-0.4, -0.2) is 18.3 Å². The van der Waals surface area contributed by atoms with Crippen molar-refractivity contribution in [2.24, 2.45) is 23.2 Å². The Morgan fingerprint density at radius 1 is 1.33 bits per heavy atom. The molecule has 2 nitrogen and oxygen atoms in total. The molecule has 2 unspecified atom stereocenters. The van der Waals surface area contributed by atoms with E-state index in [1.54, 1.807) is 0 Å². The van der Waals surface area contributed by atoms with E-state index in [0.717, 1.165) is 24.7 Å². The molecule has 2 saturated carbocycles. The van der Waals surface area contributed by atoms with Gasteiger partial charge in [0.2, 0.25) is 5.91 Å². The Kier molecular flexibility index (Phi) is 2.98. The van der Waals surface area contributed by atoms with Gasteiger partial charge >= 0.3 is 0 Å². The molecule has 2 fully saturated rings. The molecule has 2 aliphatic carbocycles. The number of carbonyl (C=O) groups is 1. The summed E-state index contributed by atoms with van der Waals surface area (Å²) < 4.78 is 0. The number of hydrogen-bond acceptors (Lipinski definition) is 1. The van der Waals surface area contributed by atoms with Crippen LogP contribution < -0.4 is 5.32 Å². The fourth-order valence-corrected chi connectivity index (χ4v) is 2.54. The molecule has 15 heavy (non-hydrogen) atoms. The van der Waals surface area contributed by atoms with E-state index in [0.29, 0.717) is 18.3 Å². The van der Waals surface area contributed by atoms with Crippen LogP contribution in [0.15, 0.2) is 0 Å². The molecule has 0 aliphatic heterocycles. The topological polar surface area (TPSA) is 29.1 Å². The molecular weight excluding hydrogens is 210 g/mol. The van der Waals surface area contributed by atoms with Crippen molar-refractivity contribution in [2.45, 2.75) is 33.1 Å². The number of amides is 1. The van der Waals surface area contributed by atoms with Crippen LogP contribution in [0.1, 0.15) is 33.1 Å². The lowest BCUT2D eigenvalue weighted by Crippen LogP contribution is -2.38. The number of rotatable bonds is 4. The molecular formula is C12H20ClNO. The molecule has 0 bridgehead atoms. The first-order valence-electron chi connectivity index (χ1n) is 5.85. The number of fused-ring (bicyclic) bond motifs is 1. The molecule has 2 aliphatic rings. The highest BCUT2D eigenvalue weighted by Crippen LogP contribution is 2.54. The van der Waals surface area contributed by atoms with Crippen molar-refractivity contribution in [3.63, 3.8) is 0 Å². The summed E-state index contributed by atoms with van der Waals surface area (Å²) in [5.74, 6) is 2.88. The molecule has 0 aromatic carbocycles. The molecule has 2 rings (SSSR count). The van der Waals surface area contributed by atoms with Gasteiger partial charge in [0.1, 0.15) is 0 Å². The molecule has 0 spiro atoms. The van der Waals surface area contributed by atoms with Crippen molar-refractivity contribution in [1.29, 1.82) is 0 Å². The summed E-state index contributed by atoms with van der Waals surface area (Å²) in [7, 11) is 0. The number of halogens is 1. The van der Waals surface area contributed by atoms with E-state index >= 15 is 0 Å². The molecule has 1 N–H and O–H groups in total. The highest BCUT2D eigenvalue weighted by atomic mass is 35.5. The van der Waals surface area contributed by atoms with Gasteiger partial charge < -0.3 is 5.32 Å². The molecule has 3 heteroatoms. The summed E-state index contributed by atoms with van der Waals surface area (Å²) in [6.07, 6.45) is 3.62. The van der Waals surface area contributed by atoms with Gasteiger partial charge in [-0.05, 0) is 36.5 Å². The highest BCUT2D eigenvalue weighted by molar-refractivity contribution is 6.18. The van der Waals surface area contributed by atoms with Crippen LogP contribution in [0, 0.1) is 23.2 Å². The van der Waals surface area contributed by atoms with E-state index < -0.39 is 0 Å². The van der Waals surface area contributed by atoms with Gasteiger partial charge in [0.25, 0.3) is 0 Å². The van der Waals surface area contributed by atoms with Gasteiger partial charge in [0.15, 0.2) is 0 Å². The lowest BCUT2D eigenvalue weighted by Gasteiger charge is -2.23. The minimum atomic E-state index is 0.0126. The third kappa shape index (κ3) is 2.66. The van der Waals surface area contributed by atoms with Crippen LogP contribution >= 0.6 is 11.6 Å². The van der Waals surface area contributed by atoms with Crippen molar-refractivity contribution in [3.05, 3.63) is 0 Å². The molecule has 0 heterocycles. The first kappa shape index (κ1) is 11.3. The van der Waals surface area contributed by atoms with Crippen LogP contribution in [0.4, 0.5) is 0 Å². The summed E-state index contributed by atoms with van der Waals surface area (Å²) in [5.41, 5.74) is 0.0126. The van der Waals surface area contributed by atoms with Gasteiger partial charge in [0.05, 0.1) is 0 Å². The minimum absolute atomic E-state index is 0.0126. The van der Waals surface area contributed by atoms with Gasteiger partial charge in [-0.2, -0.15) is 0 Å². The quantitative estimate of drug-likeness (QED) is 0.738. The summed E-state index contributed by atoms with van der Waals surface area (Å²) in [5, 5.41) is 3.03. The maximum Gasteiger partial charge on any atom is 0.223 e. The van der Waals surface area contributed by atoms with E-state index in [2.05, 4.69) is 19.2 Å². The average molecular weight is 230 g/mol. The van der Waals surface area contributed by atoms with Crippen molar-refractivity contribution < 1.29 is 4.79 Å². The molecule has 86 valence electrons. The second kappa shape index (κ2) is 3.97. The standard InChI is InChI=1S/C12H20ClNO/c1-12(2,6-13)7-14-11(15)10-4-8-3-9(8)5-10/h8-10H,3-7H2,1-2H3,(H,14,15). The van der Waals surface area contributed by atoms with Crippen molar-refractivity contribution >= 4 is 17.5 Å². The van der Waals surface area contributed by atoms with Crippen LogP contribution in [0.2, 0.25) is 0 Å². The fraction of sp³-hybridized carbons (Fsp3) is 0.917. The zero-order chi connectivity index (χ0) is 11.1. The van der Waals surface area contributed by atoms with Gasteiger partial charge in [-0.15, -0.1) is 11.6 Å². The Balaban J connectivity index is 1.73. The average Bonchev–Trinajstić information content (AvgIpc) is 2.82. The zero-order valence-electron chi connectivity index (χ0n) is 9.55. The number of hydrogen-bond donors (Lipinski definition) is 1. The second-order valence-electron chi connectivity index (χ2n) is 5.94.